The average molecular weight is 199 g/mol. The Balaban J connectivity index is 2.32. The van der Waals surface area contributed by atoms with Crippen molar-refractivity contribution in [1.29, 1.82) is 0 Å². The van der Waals surface area contributed by atoms with Gasteiger partial charge in [-0.15, -0.1) is 0 Å². The minimum atomic E-state index is 0.694. The zero-order valence-electron chi connectivity index (χ0n) is 7.89. The summed E-state index contributed by atoms with van der Waals surface area (Å²) in [5, 5.41) is 3.90. The Morgan fingerprint density at radius 2 is 2.31 bits per heavy atom. The van der Waals surface area contributed by atoms with Crippen LogP contribution in [0.5, 0.6) is 0 Å². The largest absolute Gasteiger partial charge is 0.369 e. The molecule has 3 heteroatoms. The summed E-state index contributed by atoms with van der Waals surface area (Å²) in [6.45, 7) is 3.14. The van der Waals surface area contributed by atoms with Crippen LogP contribution >= 0.6 is 11.6 Å². The molecule has 13 heavy (non-hydrogen) atoms. The lowest BCUT2D eigenvalue weighted by atomic mass is 10.2. The Hall–Kier alpha value is -0.760. The first-order valence-electron chi connectivity index (χ1n) is 4.69. The molecule has 1 aromatic heterocycles. The van der Waals surface area contributed by atoms with E-state index in [4.69, 9.17) is 11.6 Å². The fraction of sp³-hybridized carbons (Fsp3) is 0.500. The molecule has 0 radical (unpaired) electrons. The number of anilines is 1. The van der Waals surface area contributed by atoms with E-state index in [1.807, 2.05) is 12.1 Å². The van der Waals surface area contributed by atoms with Gasteiger partial charge in [0.25, 0.3) is 0 Å². The van der Waals surface area contributed by atoms with Crippen LogP contribution in [0.3, 0.4) is 0 Å². The highest BCUT2D eigenvalue weighted by molar-refractivity contribution is 6.32. The number of aromatic nitrogens is 1. The average Bonchev–Trinajstić information content (AvgIpc) is 2.15. The van der Waals surface area contributed by atoms with Crippen molar-refractivity contribution in [3.8, 4) is 0 Å². The highest BCUT2D eigenvalue weighted by Gasteiger charge is 1.97. The van der Waals surface area contributed by atoms with Gasteiger partial charge in [-0.25, -0.2) is 4.98 Å². The van der Waals surface area contributed by atoms with Crippen molar-refractivity contribution in [2.24, 2.45) is 0 Å². The Bertz CT molecular complexity index is 250. The van der Waals surface area contributed by atoms with E-state index in [2.05, 4.69) is 17.2 Å². The van der Waals surface area contributed by atoms with Crippen molar-refractivity contribution in [2.45, 2.75) is 26.2 Å². The van der Waals surface area contributed by atoms with E-state index in [1.54, 1.807) is 6.20 Å². The molecule has 0 atom stereocenters. The molecule has 0 saturated heterocycles. The molecule has 0 aromatic carbocycles. The maximum Gasteiger partial charge on any atom is 0.144 e. The number of nitrogens with one attached hydrogen (secondary N) is 1. The molecule has 2 nitrogen and oxygen atoms in total. The Kier molecular flexibility index (Phi) is 4.61. The van der Waals surface area contributed by atoms with Crippen molar-refractivity contribution in [2.75, 3.05) is 11.9 Å². The molecule has 0 spiro atoms. The van der Waals surface area contributed by atoms with E-state index in [1.165, 1.54) is 19.3 Å². The van der Waals surface area contributed by atoms with Gasteiger partial charge in [-0.1, -0.05) is 31.4 Å². The molecule has 1 heterocycles. The van der Waals surface area contributed by atoms with Crippen LogP contribution in [-0.2, 0) is 0 Å². The van der Waals surface area contributed by atoms with Gasteiger partial charge in [-0.05, 0) is 18.6 Å². The predicted octanol–water partition coefficient (Wildman–Crippen LogP) is 3.34. The third-order valence-electron chi connectivity index (χ3n) is 1.83. The third kappa shape index (κ3) is 3.64. The van der Waals surface area contributed by atoms with Gasteiger partial charge in [0.2, 0.25) is 0 Å². The summed E-state index contributed by atoms with van der Waals surface area (Å²) in [5.41, 5.74) is 0. The third-order valence-corrected chi connectivity index (χ3v) is 2.14. The molecule has 0 aliphatic heterocycles. The van der Waals surface area contributed by atoms with Crippen molar-refractivity contribution >= 4 is 17.4 Å². The first-order chi connectivity index (χ1) is 6.34. The molecule has 0 fully saturated rings. The van der Waals surface area contributed by atoms with Gasteiger partial charge in [0.15, 0.2) is 0 Å². The summed E-state index contributed by atoms with van der Waals surface area (Å²) < 4.78 is 0. The second-order valence-corrected chi connectivity index (χ2v) is 3.37. The number of hydrogen-bond donors (Lipinski definition) is 1. The molecule has 0 aliphatic rings. The van der Waals surface area contributed by atoms with Crippen molar-refractivity contribution in [3.63, 3.8) is 0 Å². The summed E-state index contributed by atoms with van der Waals surface area (Å²) in [6.07, 6.45) is 5.40. The van der Waals surface area contributed by atoms with Crippen LogP contribution in [0.4, 0.5) is 5.82 Å². The monoisotopic (exact) mass is 198 g/mol. The molecule has 0 bridgehead atoms. The number of halogens is 1. The lowest BCUT2D eigenvalue weighted by molar-refractivity contribution is 0.742. The van der Waals surface area contributed by atoms with Crippen molar-refractivity contribution in [3.05, 3.63) is 23.4 Å². The molecule has 72 valence electrons. The fourth-order valence-corrected chi connectivity index (χ4v) is 1.29. The van der Waals surface area contributed by atoms with Crippen LogP contribution in [0, 0.1) is 0 Å². The van der Waals surface area contributed by atoms with Gasteiger partial charge in [0.05, 0.1) is 5.02 Å². The van der Waals surface area contributed by atoms with Crippen molar-refractivity contribution < 1.29 is 0 Å². The molecule has 0 amide bonds. The van der Waals surface area contributed by atoms with Crippen LogP contribution in [0.2, 0.25) is 5.02 Å². The number of pyridine rings is 1. The molecule has 1 N–H and O–H groups in total. The van der Waals surface area contributed by atoms with E-state index in [-0.39, 0.29) is 0 Å². The summed E-state index contributed by atoms with van der Waals surface area (Å²) in [5.74, 6) is 0.792. The molecule has 0 unspecified atom stereocenters. The first kappa shape index (κ1) is 10.3. The van der Waals surface area contributed by atoms with Gasteiger partial charge < -0.3 is 5.32 Å². The maximum atomic E-state index is 5.91. The minimum absolute atomic E-state index is 0.694. The number of hydrogen-bond acceptors (Lipinski definition) is 2. The SMILES string of the molecule is CCCCCNc1ncccc1Cl. The Morgan fingerprint density at radius 1 is 1.46 bits per heavy atom. The van der Waals surface area contributed by atoms with Gasteiger partial charge in [-0.2, -0.15) is 0 Å². The van der Waals surface area contributed by atoms with Crippen LogP contribution in [0.15, 0.2) is 18.3 Å². The van der Waals surface area contributed by atoms with Gasteiger partial charge in [0.1, 0.15) is 5.82 Å². The lowest BCUT2D eigenvalue weighted by Crippen LogP contribution is -2.03. The normalized spacial score (nSPS) is 10.0. The summed E-state index contributed by atoms with van der Waals surface area (Å²) >= 11 is 5.91. The molecular weight excluding hydrogens is 184 g/mol. The quantitative estimate of drug-likeness (QED) is 0.735. The Morgan fingerprint density at radius 3 is 3.00 bits per heavy atom. The fourth-order valence-electron chi connectivity index (χ4n) is 1.10. The van der Waals surface area contributed by atoms with E-state index >= 15 is 0 Å². The topological polar surface area (TPSA) is 24.9 Å². The highest BCUT2D eigenvalue weighted by Crippen LogP contribution is 2.17. The highest BCUT2D eigenvalue weighted by atomic mass is 35.5. The molecule has 0 aliphatic carbocycles. The number of rotatable bonds is 5. The standard InChI is InChI=1S/C10H15ClN2/c1-2-3-4-7-12-10-9(11)6-5-8-13-10/h5-6,8H,2-4,7H2,1H3,(H,12,13). The molecular formula is C10H15ClN2. The first-order valence-corrected chi connectivity index (χ1v) is 5.06. The van der Waals surface area contributed by atoms with Gasteiger partial charge in [-0.3, -0.25) is 0 Å². The minimum Gasteiger partial charge on any atom is -0.369 e. The zero-order valence-corrected chi connectivity index (χ0v) is 8.64. The lowest BCUT2D eigenvalue weighted by Gasteiger charge is -2.05. The second-order valence-electron chi connectivity index (χ2n) is 2.97. The molecule has 1 aromatic rings. The Labute approximate surface area is 84.3 Å². The van der Waals surface area contributed by atoms with Crippen LogP contribution in [0.1, 0.15) is 26.2 Å². The van der Waals surface area contributed by atoms with Crippen LogP contribution in [0.25, 0.3) is 0 Å². The molecule has 0 saturated carbocycles. The van der Waals surface area contributed by atoms with Gasteiger partial charge >= 0.3 is 0 Å². The number of nitrogens with zero attached hydrogens (tertiary/aromatic N) is 1. The van der Waals surface area contributed by atoms with E-state index < -0.39 is 0 Å². The summed E-state index contributed by atoms with van der Waals surface area (Å²) in [4.78, 5) is 4.13. The van der Waals surface area contributed by atoms with Crippen LogP contribution < -0.4 is 5.32 Å². The van der Waals surface area contributed by atoms with Crippen molar-refractivity contribution in [1.82, 2.24) is 4.98 Å². The summed E-state index contributed by atoms with van der Waals surface area (Å²) in [7, 11) is 0. The van der Waals surface area contributed by atoms with E-state index in [0.29, 0.717) is 5.02 Å². The van der Waals surface area contributed by atoms with Gasteiger partial charge in [0, 0.05) is 12.7 Å². The summed E-state index contributed by atoms with van der Waals surface area (Å²) in [6, 6.07) is 3.68. The predicted molar refractivity (Wildman–Crippen MR) is 57.3 cm³/mol. The second kappa shape index (κ2) is 5.81. The van der Waals surface area contributed by atoms with Crippen LogP contribution in [-0.4, -0.2) is 11.5 Å². The maximum absolute atomic E-state index is 5.91. The van der Waals surface area contributed by atoms with E-state index in [0.717, 1.165) is 12.4 Å². The zero-order chi connectivity index (χ0) is 9.52. The molecule has 1 rings (SSSR count). The van der Waals surface area contributed by atoms with E-state index in [9.17, 15) is 0 Å². The smallest absolute Gasteiger partial charge is 0.144 e. The number of unbranched alkanes of at least 4 members (excludes halogenated alkanes) is 2.